The molecule has 0 spiro atoms. The number of carbonyl (C=O) groups excluding carboxylic acids is 3. The fraction of sp³-hybridized carbons (Fsp3) is 0.250. The Morgan fingerprint density at radius 2 is 2.09 bits per heavy atom. The predicted molar refractivity (Wildman–Crippen MR) is 80.2 cm³/mol. The molecule has 2 heterocycles. The smallest absolute Gasteiger partial charge is 0.276 e. The summed E-state index contributed by atoms with van der Waals surface area (Å²) in [5.74, 6) is -0.807. The molecule has 1 aromatic carbocycles. The van der Waals surface area contributed by atoms with Crippen LogP contribution in [0.4, 0.5) is 0 Å². The molecule has 1 saturated heterocycles. The van der Waals surface area contributed by atoms with Crippen molar-refractivity contribution in [2.24, 2.45) is 0 Å². The maximum absolute atomic E-state index is 12.6. The van der Waals surface area contributed by atoms with Crippen LogP contribution in [0, 0.1) is 0 Å². The highest BCUT2D eigenvalue weighted by molar-refractivity contribution is 6.08. The molecule has 1 aliphatic rings. The number of rotatable bonds is 4. The van der Waals surface area contributed by atoms with Crippen LogP contribution in [0.3, 0.4) is 0 Å². The van der Waals surface area contributed by atoms with E-state index in [1.54, 1.807) is 6.92 Å². The number of hydrogen-bond acceptors (Lipinski definition) is 5. The standard InChI is InChI=1S/C16H15N3O4/c1-2-19(12-9-14(20)17-15(12)21)16(22)11-8-13(23-18-11)10-6-4-3-5-7-10/h3-8,12H,2,9H2,1H3,(H,17,20,21)/t12-/m1/s1. The molecule has 3 amide bonds. The fourth-order valence-corrected chi connectivity index (χ4v) is 2.56. The van der Waals surface area contributed by atoms with E-state index in [1.807, 2.05) is 30.3 Å². The second kappa shape index (κ2) is 6.04. The summed E-state index contributed by atoms with van der Waals surface area (Å²) < 4.78 is 5.21. The molecule has 1 aromatic heterocycles. The van der Waals surface area contributed by atoms with E-state index >= 15 is 0 Å². The van der Waals surface area contributed by atoms with Gasteiger partial charge in [0.25, 0.3) is 5.91 Å². The molecular weight excluding hydrogens is 298 g/mol. The minimum atomic E-state index is -0.795. The van der Waals surface area contributed by atoms with E-state index in [0.717, 1.165) is 5.56 Å². The SMILES string of the molecule is CCN(C(=O)c1cc(-c2ccccc2)on1)[C@@H]1CC(=O)NC1=O. The molecule has 0 unspecified atom stereocenters. The Balaban J connectivity index is 1.83. The van der Waals surface area contributed by atoms with Crippen LogP contribution in [-0.4, -0.2) is 40.4 Å². The van der Waals surface area contributed by atoms with Gasteiger partial charge in [0.15, 0.2) is 11.5 Å². The van der Waals surface area contributed by atoms with Crippen molar-refractivity contribution < 1.29 is 18.9 Å². The minimum Gasteiger partial charge on any atom is -0.355 e. The van der Waals surface area contributed by atoms with E-state index in [-0.39, 0.29) is 24.6 Å². The summed E-state index contributed by atoms with van der Waals surface area (Å²) in [7, 11) is 0. The maximum Gasteiger partial charge on any atom is 0.276 e. The van der Waals surface area contributed by atoms with E-state index in [4.69, 9.17) is 4.52 Å². The van der Waals surface area contributed by atoms with E-state index in [2.05, 4.69) is 10.5 Å². The van der Waals surface area contributed by atoms with Crippen molar-refractivity contribution in [2.75, 3.05) is 6.54 Å². The van der Waals surface area contributed by atoms with Crippen LogP contribution in [0.1, 0.15) is 23.8 Å². The van der Waals surface area contributed by atoms with Crippen LogP contribution < -0.4 is 5.32 Å². The summed E-state index contributed by atoms with van der Waals surface area (Å²) in [6.07, 6.45) is -0.0260. The maximum atomic E-state index is 12.6. The quantitative estimate of drug-likeness (QED) is 0.857. The first-order chi connectivity index (χ1) is 11.1. The predicted octanol–water partition coefficient (Wildman–Crippen LogP) is 1.22. The minimum absolute atomic E-state index is 0.0260. The Hall–Kier alpha value is -2.96. The average Bonchev–Trinajstić information content (AvgIpc) is 3.16. The molecule has 0 bridgehead atoms. The van der Waals surface area contributed by atoms with Crippen molar-refractivity contribution in [1.82, 2.24) is 15.4 Å². The fourth-order valence-electron chi connectivity index (χ4n) is 2.56. The highest BCUT2D eigenvalue weighted by Crippen LogP contribution is 2.21. The lowest BCUT2D eigenvalue weighted by molar-refractivity contribution is -0.126. The molecule has 1 N–H and O–H groups in total. The van der Waals surface area contributed by atoms with E-state index in [0.29, 0.717) is 5.76 Å². The van der Waals surface area contributed by atoms with Crippen LogP contribution >= 0.6 is 0 Å². The van der Waals surface area contributed by atoms with Gasteiger partial charge in [-0.15, -0.1) is 0 Å². The molecule has 118 valence electrons. The second-order valence-corrected chi connectivity index (χ2v) is 5.17. The van der Waals surface area contributed by atoms with E-state index in [9.17, 15) is 14.4 Å². The Kier molecular flexibility index (Phi) is 3.92. The summed E-state index contributed by atoms with van der Waals surface area (Å²) in [5, 5.41) is 6.00. The molecule has 1 aliphatic heterocycles. The number of aromatic nitrogens is 1. The van der Waals surface area contributed by atoms with Gasteiger partial charge in [0.2, 0.25) is 11.8 Å². The molecule has 1 fully saturated rings. The van der Waals surface area contributed by atoms with Gasteiger partial charge in [0, 0.05) is 18.2 Å². The van der Waals surface area contributed by atoms with Crippen LogP contribution in [0.25, 0.3) is 11.3 Å². The zero-order chi connectivity index (χ0) is 16.4. The number of benzene rings is 1. The van der Waals surface area contributed by atoms with Crippen LogP contribution in [0.5, 0.6) is 0 Å². The van der Waals surface area contributed by atoms with E-state index in [1.165, 1.54) is 11.0 Å². The summed E-state index contributed by atoms with van der Waals surface area (Å²) in [6, 6.07) is 10.0. The first-order valence-electron chi connectivity index (χ1n) is 7.27. The lowest BCUT2D eigenvalue weighted by Crippen LogP contribution is -2.44. The Morgan fingerprint density at radius 1 is 1.35 bits per heavy atom. The second-order valence-electron chi connectivity index (χ2n) is 5.17. The summed E-state index contributed by atoms with van der Waals surface area (Å²) in [4.78, 5) is 37.0. The van der Waals surface area contributed by atoms with Gasteiger partial charge in [0.05, 0.1) is 6.42 Å². The zero-order valence-electron chi connectivity index (χ0n) is 12.5. The molecule has 7 heteroatoms. The molecule has 0 radical (unpaired) electrons. The molecule has 0 saturated carbocycles. The number of hydrogen-bond donors (Lipinski definition) is 1. The molecule has 3 rings (SSSR count). The third kappa shape index (κ3) is 2.85. The first-order valence-corrected chi connectivity index (χ1v) is 7.27. The van der Waals surface area contributed by atoms with Crippen molar-refractivity contribution in [3.05, 3.63) is 42.1 Å². The lowest BCUT2D eigenvalue weighted by atomic mass is 10.1. The largest absolute Gasteiger partial charge is 0.355 e. The van der Waals surface area contributed by atoms with Gasteiger partial charge in [-0.3, -0.25) is 19.7 Å². The zero-order valence-corrected chi connectivity index (χ0v) is 12.5. The van der Waals surface area contributed by atoms with Gasteiger partial charge in [-0.25, -0.2) is 0 Å². The lowest BCUT2D eigenvalue weighted by Gasteiger charge is -2.23. The highest BCUT2D eigenvalue weighted by Gasteiger charge is 2.38. The summed E-state index contributed by atoms with van der Waals surface area (Å²) in [6.45, 7) is 2.03. The first kappa shape index (κ1) is 15.0. The Bertz CT molecular complexity index is 754. The van der Waals surface area contributed by atoms with Crippen molar-refractivity contribution in [3.63, 3.8) is 0 Å². The monoisotopic (exact) mass is 313 g/mol. The average molecular weight is 313 g/mol. The molecule has 1 atom stereocenters. The third-order valence-corrected chi connectivity index (χ3v) is 3.71. The number of amides is 3. The van der Waals surface area contributed by atoms with Gasteiger partial charge >= 0.3 is 0 Å². The third-order valence-electron chi connectivity index (χ3n) is 3.71. The van der Waals surface area contributed by atoms with Crippen LogP contribution in [0.15, 0.2) is 40.9 Å². The van der Waals surface area contributed by atoms with Gasteiger partial charge in [0.1, 0.15) is 6.04 Å². The Morgan fingerprint density at radius 3 is 2.70 bits per heavy atom. The van der Waals surface area contributed by atoms with Crippen molar-refractivity contribution >= 4 is 17.7 Å². The molecular formula is C16H15N3O4. The number of nitrogens with zero attached hydrogens (tertiary/aromatic N) is 2. The van der Waals surface area contributed by atoms with E-state index < -0.39 is 17.9 Å². The van der Waals surface area contributed by atoms with Gasteiger partial charge in [-0.05, 0) is 6.92 Å². The Labute approximate surface area is 132 Å². The normalized spacial score (nSPS) is 17.2. The molecule has 7 nitrogen and oxygen atoms in total. The molecule has 23 heavy (non-hydrogen) atoms. The number of likely N-dealkylation sites (N-methyl/N-ethyl adjacent to an activating group) is 1. The summed E-state index contributed by atoms with van der Waals surface area (Å²) in [5.41, 5.74) is 0.911. The van der Waals surface area contributed by atoms with Gasteiger partial charge < -0.3 is 9.42 Å². The van der Waals surface area contributed by atoms with Crippen LogP contribution in [-0.2, 0) is 9.59 Å². The van der Waals surface area contributed by atoms with Crippen molar-refractivity contribution in [1.29, 1.82) is 0 Å². The summed E-state index contributed by atoms with van der Waals surface area (Å²) >= 11 is 0. The number of carbonyl (C=O) groups is 3. The van der Waals surface area contributed by atoms with Gasteiger partial charge in [-0.1, -0.05) is 35.5 Å². The number of imide groups is 1. The van der Waals surface area contributed by atoms with Crippen LogP contribution in [0.2, 0.25) is 0 Å². The van der Waals surface area contributed by atoms with Crippen molar-refractivity contribution in [3.8, 4) is 11.3 Å². The highest BCUT2D eigenvalue weighted by atomic mass is 16.5. The van der Waals surface area contributed by atoms with Gasteiger partial charge in [-0.2, -0.15) is 0 Å². The number of nitrogens with one attached hydrogen (secondary N) is 1. The molecule has 2 aromatic rings. The topological polar surface area (TPSA) is 92.5 Å². The van der Waals surface area contributed by atoms with Crippen molar-refractivity contribution in [2.45, 2.75) is 19.4 Å². The molecule has 0 aliphatic carbocycles.